The van der Waals surface area contributed by atoms with Crippen molar-refractivity contribution >= 4 is 17.4 Å². The molecule has 0 aliphatic carbocycles. The molecule has 0 spiro atoms. The third kappa shape index (κ3) is 4.03. The monoisotopic (exact) mass is 285 g/mol. The number of hydrogen-bond acceptors (Lipinski definition) is 4. The number of benzene rings is 1. The Hall–Kier alpha value is -1.95. The molecule has 2 aromatic rings. The second kappa shape index (κ2) is 6.29. The topological polar surface area (TPSA) is 38.2 Å². The summed E-state index contributed by atoms with van der Waals surface area (Å²) in [5.41, 5.74) is 0. The Morgan fingerprint density at radius 2 is 1.95 bits per heavy atom. The minimum absolute atomic E-state index is 0.0281. The summed E-state index contributed by atoms with van der Waals surface area (Å²) in [6.07, 6.45) is 1.36. The van der Waals surface area contributed by atoms with E-state index in [1.807, 2.05) is 0 Å². The lowest BCUT2D eigenvalue weighted by molar-refractivity contribution is 0.293. The first kappa shape index (κ1) is 13.5. The fourth-order valence-electron chi connectivity index (χ4n) is 1.35. The first-order valence-corrected chi connectivity index (χ1v) is 5.83. The number of hydrogen-bond donors (Lipinski definition) is 0. The maximum atomic E-state index is 13.6. The van der Waals surface area contributed by atoms with E-state index < -0.39 is 0 Å². The van der Waals surface area contributed by atoms with Crippen molar-refractivity contribution in [3.63, 3.8) is 0 Å². The molecule has 0 saturated carbocycles. The first-order valence-electron chi connectivity index (χ1n) is 5.45. The molecule has 4 nitrogen and oxygen atoms in total. The molecule has 1 heterocycles. The van der Waals surface area contributed by atoms with E-state index in [4.69, 9.17) is 16.3 Å². The predicted molar refractivity (Wildman–Crippen MR) is 67.4 cm³/mol. The van der Waals surface area contributed by atoms with E-state index in [1.54, 1.807) is 0 Å². The van der Waals surface area contributed by atoms with Crippen LogP contribution in [0.5, 0.6) is 5.75 Å². The molecule has 0 atom stereocenters. The highest BCUT2D eigenvalue weighted by Gasteiger charge is 2.07. The van der Waals surface area contributed by atoms with Gasteiger partial charge in [-0.05, 0) is 35.9 Å². The Balaban J connectivity index is 1.84. The molecule has 1 aromatic heterocycles. The highest BCUT2D eigenvalue weighted by Crippen LogP contribution is 2.14. The van der Waals surface area contributed by atoms with Crippen LogP contribution >= 0.6 is 11.6 Å². The second-order valence-corrected chi connectivity index (χ2v) is 3.91. The summed E-state index contributed by atoms with van der Waals surface area (Å²) in [5.74, 6) is 0.174. The Labute approximate surface area is 113 Å². The molecule has 0 N–H and O–H groups in total. The van der Waals surface area contributed by atoms with Gasteiger partial charge in [0.25, 0.3) is 0 Å². The summed E-state index contributed by atoms with van der Waals surface area (Å²) in [7, 11) is 0. The van der Waals surface area contributed by atoms with Crippen molar-refractivity contribution < 1.29 is 13.6 Å². The molecule has 0 aliphatic rings. The van der Waals surface area contributed by atoms with Gasteiger partial charge in [0.15, 0.2) is 5.82 Å². The summed E-state index contributed by atoms with van der Waals surface area (Å²) >= 11 is 5.55. The van der Waals surface area contributed by atoms with Gasteiger partial charge in [0.1, 0.15) is 18.2 Å². The van der Waals surface area contributed by atoms with Gasteiger partial charge in [0, 0.05) is 12.3 Å². The van der Waals surface area contributed by atoms with Crippen molar-refractivity contribution in [1.29, 1.82) is 0 Å². The van der Waals surface area contributed by atoms with Crippen LogP contribution in [0.3, 0.4) is 0 Å². The standard InChI is InChI=1S/C12H10ClF2N3O/c13-12-16-6-5-11(17-12)18(15)7-8-19-10-3-1-9(14)2-4-10/h1-6H,7-8H2. The van der Waals surface area contributed by atoms with Crippen LogP contribution in [0.2, 0.25) is 5.28 Å². The van der Waals surface area contributed by atoms with Crippen LogP contribution in [0.1, 0.15) is 0 Å². The molecule has 7 heteroatoms. The summed E-state index contributed by atoms with van der Waals surface area (Å²) < 4.78 is 31.5. The zero-order chi connectivity index (χ0) is 13.7. The molecule has 0 fully saturated rings. The van der Waals surface area contributed by atoms with E-state index in [1.165, 1.54) is 36.5 Å². The van der Waals surface area contributed by atoms with Crippen LogP contribution in [0, 0.1) is 5.82 Å². The zero-order valence-corrected chi connectivity index (χ0v) is 10.5. The van der Waals surface area contributed by atoms with Crippen molar-refractivity contribution in [2.75, 3.05) is 18.3 Å². The Bertz CT molecular complexity index is 539. The minimum atomic E-state index is -0.352. The second-order valence-electron chi connectivity index (χ2n) is 3.57. The molecule has 0 unspecified atom stereocenters. The van der Waals surface area contributed by atoms with Gasteiger partial charge in [0.05, 0.1) is 6.54 Å². The SMILES string of the molecule is Fc1ccc(OCCN(F)c2ccnc(Cl)n2)cc1. The lowest BCUT2D eigenvalue weighted by atomic mass is 10.3. The van der Waals surface area contributed by atoms with Crippen LogP contribution in [-0.4, -0.2) is 23.1 Å². The quantitative estimate of drug-likeness (QED) is 0.625. The van der Waals surface area contributed by atoms with E-state index in [0.717, 1.165) is 0 Å². The van der Waals surface area contributed by atoms with E-state index in [2.05, 4.69) is 9.97 Å². The van der Waals surface area contributed by atoms with Crippen molar-refractivity contribution in [1.82, 2.24) is 9.97 Å². The molecule has 100 valence electrons. The zero-order valence-electron chi connectivity index (χ0n) is 9.76. The average Bonchev–Trinajstić information content (AvgIpc) is 2.41. The van der Waals surface area contributed by atoms with Gasteiger partial charge in [-0.15, -0.1) is 0 Å². The summed E-state index contributed by atoms with van der Waals surface area (Å²) in [6, 6.07) is 6.88. The fourth-order valence-corrected chi connectivity index (χ4v) is 1.49. The number of halogens is 3. The lowest BCUT2D eigenvalue weighted by Crippen LogP contribution is -2.20. The number of nitrogens with zero attached hydrogens (tertiary/aromatic N) is 3. The van der Waals surface area contributed by atoms with Gasteiger partial charge in [-0.2, -0.15) is 10.1 Å². The van der Waals surface area contributed by atoms with Crippen LogP contribution in [0.25, 0.3) is 0 Å². The smallest absolute Gasteiger partial charge is 0.224 e. The highest BCUT2D eigenvalue weighted by molar-refractivity contribution is 6.28. The number of anilines is 1. The van der Waals surface area contributed by atoms with Crippen LogP contribution < -0.4 is 9.86 Å². The summed E-state index contributed by atoms with van der Waals surface area (Å²) in [5, 5.41) is 0.372. The van der Waals surface area contributed by atoms with E-state index >= 15 is 0 Å². The van der Waals surface area contributed by atoms with Gasteiger partial charge in [-0.25, -0.2) is 9.37 Å². The van der Waals surface area contributed by atoms with Gasteiger partial charge >= 0.3 is 0 Å². The van der Waals surface area contributed by atoms with Crippen molar-refractivity contribution in [3.05, 3.63) is 47.6 Å². The number of rotatable bonds is 5. The fraction of sp³-hybridized carbons (Fsp3) is 0.167. The van der Waals surface area contributed by atoms with Crippen LogP contribution in [0.15, 0.2) is 36.5 Å². The van der Waals surface area contributed by atoms with Crippen molar-refractivity contribution in [2.45, 2.75) is 0 Å². The predicted octanol–water partition coefficient (Wildman–Crippen LogP) is 3.04. The third-order valence-electron chi connectivity index (χ3n) is 2.23. The molecular weight excluding hydrogens is 276 g/mol. The first-order chi connectivity index (χ1) is 9.15. The summed E-state index contributed by atoms with van der Waals surface area (Å²) in [6.45, 7) is 0.0501. The molecule has 0 saturated heterocycles. The van der Waals surface area contributed by atoms with Gasteiger partial charge in [-0.1, -0.05) is 4.48 Å². The molecule has 19 heavy (non-hydrogen) atoms. The maximum absolute atomic E-state index is 13.6. The molecular formula is C12H10ClF2N3O. The minimum Gasteiger partial charge on any atom is -0.492 e. The Morgan fingerprint density at radius 1 is 1.21 bits per heavy atom. The third-order valence-corrected chi connectivity index (χ3v) is 2.41. The van der Waals surface area contributed by atoms with E-state index in [0.29, 0.717) is 10.9 Å². The van der Waals surface area contributed by atoms with Crippen molar-refractivity contribution in [2.24, 2.45) is 0 Å². The normalized spacial score (nSPS) is 10.3. The Morgan fingerprint density at radius 3 is 2.63 bits per heavy atom. The van der Waals surface area contributed by atoms with Gasteiger partial charge < -0.3 is 4.74 Å². The molecule has 2 rings (SSSR count). The average molecular weight is 286 g/mol. The highest BCUT2D eigenvalue weighted by atomic mass is 35.5. The molecule has 0 aliphatic heterocycles. The number of aromatic nitrogens is 2. The largest absolute Gasteiger partial charge is 0.492 e. The maximum Gasteiger partial charge on any atom is 0.224 e. The molecule has 0 bridgehead atoms. The van der Waals surface area contributed by atoms with Gasteiger partial charge in [-0.3, -0.25) is 0 Å². The molecule has 0 radical (unpaired) electrons. The molecule has 0 amide bonds. The van der Waals surface area contributed by atoms with Crippen molar-refractivity contribution in [3.8, 4) is 5.75 Å². The summed E-state index contributed by atoms with van der Waals surface area (Å²) in [4.78, 5) is 7.36. The number of ether oxygens (including phenoxy) is 1. The Kier molecular flexibility index (Phi) is 4.46. The molecule has 1 aromatic carbocycles. The van der Waals surface area contributed by atoms with Crippen LogP contribution in [0.4, 0.5) is 14.7 Å². The van der Waals surface area contributed by atoms with E-state index in [9.17, 15) is 8.87 Å². The van der Waals surface area contributed by atoms with Gasteiger partial charge in [0.2, 0.25) is 5.28 Å². The van der Waals surface area contributed by atoms with Crippen LogP contribution in [-0.2, 0) is 0 Å². The van der Waals surface area contributed by atoms with E-state index in [-0.39, 0.29) is 30.1 Å². The lowest BCUT2D eigenvalue weighted by Gasteiger charge is -2.13.